The quantitative estimate of drug-likeness (QED) is 0.772. The zero-order valence-electron chi connectivity index (χ0n) is 10.8. The van der Waals surface area contributed by atoms with Gasteiger partial charge in [0.25, 0.3) is 5.91 Å². The van der Waals surface area contributed by atoms with Crippen molar-refractivity contribution < 1.29 is 9.90 Å². The van der Waals surface area contributed by atoms with Crippen LogP contribution >= 0.6 is 0 Å². The van der Waals surface area contributed by atoms with E-state index in [1.165, 1.54) is 0 Å². The fourth-order valence-electron chi connectivity index (χ4n) is 1.85. The molecule has 1 aromatic heterocycles. The highest BCUT2D eigenvalue weighted by molar-refractivity contribution is 5.99. The van der Waals surface area contributed by atoms with Gasteiger partial charge in [0.05, 0.1) is 18.2 Å². The van der Waals surface area contributed by atoms with Crippen LogP contribution in [0.25, 0.3) is 10.9 Å². The Morgan fingerprint density at radius 3 is 2.89 bits per heavy atom. The smallest absolute Gasteiger partial charge is 0.270 e. The van der Waals surface area contributed by atoms with Crippen molar-refractivity contribution in [2.45, 2.75) is 19.4 Å². The molecule has 0 bridgehead atoms. The lowest BCUT2D eigenvalue weighted by molar-refractivity contribution is 0.0910. The number of nitrogens with one attached hydrogen (secondary N) is 1. The van der Waals surface area contributed by atoms with E-state index in [-0.39, 0.29) is 24.2 Å². The number of hydrogen-bond acceptors (Lipinski definition) is 4. The van der Waals surface area contributed by atoms with Crippen LogP contribution in [0.3, 0.4) is 0 Å². The molecule has 1 heterocycles. The number of benzene rings is 1. The lowest BCUT2D eigenvalue weighted by Crippen LogP contribution is -2.37. The predicted octanol–water partition coefficient (Wildman–Crippen LogP) is 1.32. The van der Waals surface area contributed by atoms with E-state index in [1.807, 2.05) is 31.2 Å². The Hall–Kier alpha value is -2.14. The van der Waals surface area contributed by atoms with Gasteiger partial charge in [-0.1, -0.05) is 25.1 Å². The molecule has 0 aliphatic heterocycles. The number of para-hydroxylation sites is 1. The number of rotatable bonds is 4. The number of nitrogen functional groups attached to an aromatic ring is 1. The van der Waals surface area contributed by atoms with Crippen LogP contribution in [0.5, 0.6) is 0 Å². The van der Waals surface area contributed by atoms with Crippen molar-refractivity contribution in [3.8, 4) is 0 Å². The van der Waals surface area contributed by atoms with Gasteiger partial charge in [0.2, 0.25) is 0 Å². The summed E-state index contributed by atoms with van der Waals surface area (Å²) in [7, 11) is 0. The Bertz CT molecular complexity index is 594. The monoisotopic (exact) mass is 259 g/mol. The fraction of sp³-hybridized carbons (Fsp3) is 0.286. The van der Waals surface area contributed by atoms with Gasteiger partial charge in [-0.2, -0.15) is 0 Å². The van der Waals surface area contributed by atoms with Crippen LogP contribution in [0.2, 0.25) is 0 Å². The summed E-state index contributed by atoms with van der Waals surface area (Å²) in [6.45, 7) is 1.80. The second-order valence-corrected chi connectivity index (χ2v) is 4.38. The third-order valence-corrected chi connectivity index (χ3v) is 3.03. The summed E-state index contributed by atoms with van der Waals surface area (Å²) >= 11 is 0. The summed E-state index contributed by atoms with van der Waals surface area (Å²) in [5.41, 5.74) is 7.39. The standard InChI is InChI=1S/C14H17N3O2/c1-2-9(8-18)16-14(19)13-7-11(15)10-5-3-4-6-12(10)17-13/h3-7,9,18H,2,8H2,1H3,(H2,15,17)(H,16,19). The van der Waals surface area contributed by atoms with Gasteiger partial charge in [0.1, 0.15) is 5.69 Å². The molecular formula is C14H17N3O2. The van der Waals surface area contributed by atoms with Gasteiger partial charge in [-0.05, 0) is 18.6 Å². The molecule has 0 aliphatic rings. The molecule has 1 unspecified atom stereocenters. The molecule has 0 spiro atoms. The Morgan fingerprint density at radius 2 is 2.21 bits per heavy atom. The maximum atomic E-state index is 12.0. The molecular weight excluding hydrogens is 242 g/mol. The van der Waals surface area contributed by atoms with Crippen molar-refractivity contribution in [1.82, 2.24) is 10.3 Å². The molecule has 1 aromatic carbocycles. The minimum Gasteiger partial charge on any atom is -0.398 e. The predicted molar refractivity (Wildman–Crippen MR) is 74.8 cm³/mol. The Morgan fingerprint density at radius 1 is 1.47 bits per heavy atom. The van der Waals surface area contributed by atoms with E-state index >= 15 is 0 Å². The SMILES string of the molecule is CCC(CO)NC(=O)c1cc(N)c2ccccc2n1. The number of amides is 1. The van der Waals surface area contributed by atoms with Crippen LogP contribution in [-0.2, 0) is 0 Å². The minimum absolute atomic E-state index is 0.0920. The summed E-state index contributed by atoms with van der Waals surface area (Å²) in [6.07, 6.45) is 0.658. The minimum atomic E-state index is -0.321. The van der Waals surface area contributed by atoms with Gasteiger partial charge in [0, 0.05) is 11.1 Å². The Kier molecular flexibility index (Phi) is 3.97. The average Bonchev–Trinajstić information content (AvgIpc) is 2.44. The van der Waals surface area contributed by atoms with Crippen molar-refractivity contribution in [2.75, 3.05) is 12.3 Å². The number of aromatic nitrogens is 1. The lowest BCUT2D eigenvalue weighted by Gasteiger charge is -2.14. The van der Waals surface area contributed by atoms with Gasteiger partial charge in [-0.3, -0.25) is 4.79 Å². The van der Waals surface area contributed by atoms with Gasteiger partial charge < -0.3 is 16.2 Å². The molecule has 0 radical (unpaired) electrons. The normalized spacial score (nSPS) is 12.3. The first-order chi connectivity index (χ1) is 9.15. The first-order valence-corrected chi connectivity index (χ1v) is 6.22. The zero-order chi connectivity index (χ0) is 13.8. The van der Waals surface area contributed by atoms with Gasteiger partial charge >= 0.3 is 0 Å². The highest BCUT2D eigenvalue weighted by Gasteiger charge is 2.14. The summed E-state index contributed by atoms with van der Waals surface area (Å²) < 4.78 is 0. The second kappa shape index (κ2) is 5.67. The van der Waals surface area contributed by atoms with Crippen LogP contribution < -0.4 is 11.1 Å². The molecule has 0 fully saturated rings. The number of fused-ring (bicyclic) bond motifs is 1. The van der Waals surface area contributed by atoms with Gasteiger partial charge in [-0.15, -0.1) is 0 Å². The van der Waals surface area contributed by atoms with Crippen LogP contribution in [-0.4, -0.2) is 28.6 Å². The van der Waals surface area contributed by atoms with Crippen molar-refractivity contribution in [1.29, 1.82) is 0 Å². The lowest BCUT2D eigenvalue weighted by atomic mass is 10.1. The van der Waals surface area contributed by atoms with Crippen molar-refractivity contribution >= 4 is 22.5 Å². The summed E-state index contributed by atoms with van der Waals surface area (Å²) in [5, 5.41) is 12.6. The van der Waals surface area contributed by atoms with E-state index in [9.17, 15) is 4.79 Å². The molecule has 5 heteroatoms. The highest BCUT2D eigenvalue weighted by atomic mass is 16.3. The second-order valence-electron chi connectivity index (χ2n) is 4.38. The topological polar surface area (TPSA) is 88.2 Å². The van der Waals surface area contributed by atoms with Crippen molar-refractivity contribution in [3.05, 3.63) is 36.0 Å². The molecule has 2 aromatic rings. The van der Waals surface area contributed by atoms with Crippen LogP contribution in [0, 0.1) is 0 Å². The number of nitrogens with two attached hydrogens (primary N) is 1. The number of aliphatic hydroxyl groups is 1. The first-order valence-electron chi connectivity index (χ1n) is 6.22. The van der Waals surface area contributed by atoms with Crippen LogP contribution in [0.1, 0.15) is 23.8 Å². The molecule has 2 rings (SSSR count). The van der Waals surface area contributed by atoms with E-state index in [0.717, 1.165) is 5.39 Å². The van der Waals surface area contributed by atoms with Gasteiger partial charge in [-0.25, -0.2) is 4.98 Å². The van der Waals surface area contributed by atoms with E-state index in [4.69, 9.17) is 10.8 Å². The molecule has 0 saturated heterocycles. The molecule has 1 amide bonds. The molecule has 1 atom stereocenters. The zero-order valence-corrected chi connectivity index (χ0v) is 10.8. The number of nitrogens with zero attached hydrogens (tertiary/aromatic N) is 1. The van der Waals surface area contributed by atoms with E-state index < -0.39 is 0 Å². The molecule has 4 N–H and O–H groups in total. The first kappa shape index (κ1) is 13.3. The number of carbonyl (C=O) groups excluding carboxylic acids is 1. The molecule has 0 aliphatic carbocycles. The maximum Gasteiger partial charge on any atom is 0.270 e. The number of carbonyl (C=O) groups is 1. The molecule has 100 valence electrons. The van der Waals surface area contributed by atoms with E-state index in [0.29, 0.717) is 17.6 Å². The number of pyridine rings is 1. The van der Waals surface area contributed by atoms with Gasteiger partial charge in [0.15, 0.2) is 0 Å². The molecule has 0 saturated carbocycles. The van der Waals surface area contributed by atoms with E-state index in [1.54, 1.807) is 6.07 Å². The number of hydrogen-bond donors (Lipinski definition) is 3. The van der Waals surface area contributed by atoms with E-state index in [2.05, 4.69) is 10.3 Å². The fourth-order valence-corrected chi connectivity index (χ4v) is 1.85. The largest absolute Gasteiger partial charge is 0.398 e. The van der Waals surface area contributed by atoms with Crippen molar-refractivity contribution in [2.24, 2.45) is 0 Å². The molecule has 19 heavy (non-hydrogen) atoms. The third-order valence-electron chi connectivity index (χ3n) is 3.03. The van der Waals surface area contributed by atoms with Crippen LogP contribution in [0.15, 0.2) is 30.3 Å². The Balaban J connectivity index is 2.32. The summed E-state index contributed by atoms with van der Waals surface area (Å²) in [4.78, 5) is 16.3. The summed E-state index contributed by atoms with van der Waals surface area (Å²) in [6, 6.07) is 8.69. The highest BCUT2D eigenvalue weighted by Crippen LogP contribution is 2.20. The van der Waals surface area contributed by atoms with Crippen LogP contribution in [0.4, 0.5) is 5.69 Å². The maximum absolute atomic E-state index is 12.0. The van der Waals surface area contributed by atoms with Crippen molar-refractivity contribution in [3.63, 3.8) is 0 Å². The third kappa shape index (κ3) is 2.82. The summed E-state index contributed by atoms with van der Waals surface area (Å²) in [5.74, 6) is -0.321. The number of aliphatic hydroxyl groups excluding tert-OH is 1. The number of anilines is 1. The average molecular weight is 259 g/mol. The Labute approximate surface area is 111 Å². The molecule has 5 nitrogen and oxygen atoms in total.